The molecule has 1 aromatic heterocycles. The number of rotatable bonds is 7. The van der Waals surface area contributed by atoms with Gasteiger partial charge in [0, 0.05) is 34.4 Å². The molecular formula is C25H17F3N4O3S. The highest BCUT2D eigenvalue weighted by Crippen LogP contribution is 2.35. The largest absolute Gasteiger partial charge is 0.497 e. The van der Waals surface area contributed by atoms with Crippen LogP contribution in [0.1, 0.15) is 11.3 Å². The first-order valence-electron chi connectivity index (χ1n) is 10.4. The van der Waals surface area contributed by atoms with Crippen molar-refractivity contribution in [3.8, 4) is 17.0 Å². The second-order valence-corrected chi connectivity index (χ2v) is 8.33. The Hall–Kier alpha value is -4.25. The molecular weight excluding hydrogens is 493 g/mol. The van der Waals surface area contributed by atoms with Crippen LogP contribution in [-0.4, -0.2) is 28.2 Å². The van der Waals surface area contributed by atoms with Crippen LogP contribution in [0.4, 0.5) is 24.5 Å². The van der Waals surface area contributed by atoms with Gasteiger partial charge in [-0.15, -0.1) is 0 Å². The summed E-state index contributed by atoms with van der Waals surface area (Å²) in [6.07, 6.45) is -3.28. The summed E-state index contributed by atoms with van der Waals surface area (Å²) in [5.41, 5.74) is 0.208. The molecule has 0 spiro atoms. The van der Waals surface area contributed by atoms with Crippen molar-refractivity contribution in [3.63, 3.8) is 0 Å². The molecule has 4 rings (SSSR count). The molecule has 0 saturated heterocycles. The fraction of sp³-hybridized carbons (Fsp3) is 0.0800. The van der Waals surface area contributed by atoms with E-state index in [1.165, 1.54) is 31.5 Å². The number of non-ortho nitro benzene ring substituents is 1. The number of halogens is 3. The smallest absolute Gasteiger partial charge is 0.433 e. The van der Waals surface area contributed by atoms with Crippen LogP contribution in [0, 0.1) is 10.1 Å². The molecule has 182 valence electrons. The molecule has 0 fully saturated rings. The lowest BCUT2D eigenvalue weighted by atomic mass is 10.1. The van der Waals surface area contributed by atoms with Gasteiger partial charge in [0.25, 0.3) is 5.69 Å². The first-order valence-corrected chi connectivity index (χ1v) is 11.2. The maximum atomic E-state index is 13.6. The van der Waals surface area contributed by atoms with Crippen molar-refractivity contribution in [3.05, 3.63) is 100 Å². The Balaban J connectivity index is 1.74. The Morgan fingerprint density at radius 2 is 1.72 bits per heavy atom. The van der Waals surface area contributed by atoms with Gasteiger partial charge < -0.3 is 4.74 Å². The zero-order chi connectivity index (χ0) is 25.7. The van der Waals surface area contributed by atoms with Crippen molar-refractivity contribution in [2.75, 3.05) is 7.11 Å². The fourth-order valence-electron chi connectivity index (χ4n) is 3.13. The molecule has 0 amide bonds. The van der Waals surface area contributed by atoms with Gasteiger partial charge in [-0.05, 0) is 48.2 Å². The lowest BCUT2D eigenvalue weighted by Gasteiger charge is -2.11. The second kappa shape index (κ2) is 10.6. The van der Waals surface area contributed by atoms with E-state index in [1.54, 1.807) is 54.6 Å². The number of nitrogens with zero attached hydrogens (tertiary/aromatic N) is 4. The zero-order valence-corrected chi connectivity index (χ0v) is 19.5. The van der Waals surface area contributed by atoms with Gasteiger partial charge in [0.15, 0.2) is 5.16 Å². The van der Waals surface area contributed by atoms with Crippen LogP contribution in [-0.2, 0) is 6.18 Å². The van der Waals surface area contributed by atoms with Crippen LogP contribution >= 0.6 is 11.8 Å². The predicted octanol–water partition coefficient (Wildman–Crippen LogP) is 6.98. The summed E-state index contributed by atoms with van der Waals surface area (Å²) in [6, 6.07) is 20.1. The Labute approximate surface area is 207 Å². The highest BCUT2D eigenvalue weighted by atomic mass is 32.2. The van der Waals surface area contributed by atoms with E-state index in [2.05, 4.69) is 15.0 Å². The van der Waals surface area contributed by atoms with E-state index < -0.39 is 16.8 Å². The minimum atomic E-state index is -4.68. The first-order chi connectivity index (χ1) is 17.2. The Bertz CT molecular complexity index is 1410. The number of aromatic nitrogens is 2. The van der Waals surface area contributed by atoms with Crippen molar-refractivity contribution in [1.29, 1.82) is 0 Å². The summed E-state index contributed by atoms with van der Waals surface area (Å²) in [7, 11) is 1.53. The SMILES string of the molecule is COc1ccc(N=Cc2cc([N+](=O)[O-])ccc2Sc2nc(-c3ccccc3)cc(C(F)(F)F)n2)cc1. The molecule has 7 nitrogen and oxygen atoms in total. The number of hydrogen-bond donors (Lipinski definition) is 0. The van der Waals surface area contributed by atoms with Gasteiger partial charge in [0.1, 0.15) is 11.4 Å². The van der Waals surface area contributed by atoms with Gasteiger partial charge in [-0.25, -0.2) is 9.97 Å². The summed E-state index contributed by atoms with van der Waals surface area (Å²) < 4.78 is 45.9. The average molecular weight is 510 g/mol. The van der Waals surface area contributed by atoms with Crippen LogP contribution in [0.2, 0.25) is 0 Å². The molecule has 0 atom stereocenters. The molecule has 0 N–H and O–H groups in total. The Morgan fingerprint density at radius 1 is 1.00 bits per heavy atom. The lowest BCUT2D eigenvalue weighted by Crippen LogP contribution is -2.10. The van der Waals surface area contributed by atoms with Gasteiger partial charge in [0.05, 0.1) is 23.4 Å². The van der Waals surface area contributed by atoms with Gasteiger partial charge in [0.2, 0.25) is 0 Å². The number of hydrogen-bond acceptors (Lipinski definition) is 7. The van der Waals surface area contributed by atoms with Crippen molar-refractivity contribution < 1.29 is 22.8 Å². The molecule has 0 unspecified atom stereocenters. The number of aliphatic imine (C=N–C) groups is 1. The van der Waals surface area contributed by atoms with E-state index >= 15 is 0 Å². The zero-order valence-electron chi connectivity index (χ0n) is 18.6. The number of alkyl halides is 3. The van der Waals surface area contributed by atoms with Crippen molar-refractivity contribution in [1.82, 2.24) is 9.97 Å². The number of nitro benzene ring substituents is 1. The van der Waals surface area contributed by atoms with Gasteiger partial charge in [-0.3, -0.25) is 15.1 Å². The second-order valence-electron chi connectivity index (χ2n) is 7.32. The topological polar surface area (TPSA) is 90.5 Å². The van der Waals surface area contributed by atoms with E-state index in [-0.39, 0.29) is 16.5 Å². The molecule has 11 heteroatoms. The summed E-state index contributed by atoms with van der Waals surface area (Å²) >= 11 is 0.859. The highest BCUT2D eigenvalue weighted by Gasteiger charge is 2.34. The van der Waals surface area contributed by atoms with Crippen LogP contribution in [0.15, 0.2) is 93.9 Å². The molecule has 1 heterocycles. The Morgan fingerprint density at radius 3 is 2.36 bits per heavy atom. The molecule has 3 aromatic carbocycles. The quantitative estimate of drug-likeness (QED) is 0.115. The summed E-state index contributed by atoms with van der Waals surface area (Å²) in [5.74, 6) is 0.636. The molecule has 0 bridgehead atoms. The van der Waals surface area contributed by atoms with E-state index in [0.29, 0.717) is 27.5 Å². The third kappa shape index (κ3) is 6.05. The minimum Gasteiger partial charge on any atom is -0.497 e. The molecule has 0 saturated carbocycles. The molecule has 4 aromatic rings. The van der Waals surface area contributed by atoms with Gasteiger partial charge in [-0.2, -0.15) is 13.2 Å². The highest BCUT2D eigenvalue weighted by molar-refractivity contribution is 7.99. The normalized spacial score (nSPS) is 11.6. The summed E-state index contributed by atoms with van der Waals surface area (Å²) in [6.45, 7) is 0. The third-order valence-corrected chi connectivity index (χ3v) is 5.85. The maximum Gasteiger partial charge on any atom is 0.433 e. The van der Waals surface area contributed by atoms with Crippen molar-refractivity contribution in [2.24, 2.45) is 4.99 Å². The molecule has 0 aliphatic rings. The monoisotopic (exact) mass is 510 g/mol. The fourth-order valence-corrected chi connectivity index (χ4v) is 3.98. The third-order valence-electron chi connectivity index (χ3n) is 4.90. The molecule has 36 heavy (non-hydrogen) atoms. The van der Waals surface area contributed by atoms with Crippen LogP contribution in [0.5, 0.6) is 5.75 Å². The summed E-state index contributed by atoms with van der Waals surface area (Å²) in [5, 5.41) is 11.2. The van der Waals surface area contributed by atoms with Crippen LogP contribution in [0.25, 0.3) is 11.3 Å². The Kier molecular flexibility index (Phi) is 7.30. The van der Waals surface area contributed by atoms with Crippen molar-refractivity contribution in [2.45, 2.75) is 16.2 Å². The van der Waals surface area contributed by atoms with Gasteiger partial charge >= 0.3 is 6.18 Å². The van der Waals surface area contributed by atoms with Gasteiger partial charge in [-0.1, -0.05) is 30.3 Å². The lowest BCUT2D eigenvalue weighted by molar-refractivity contribution is -0.384. The van der Waals surface area contributed by atoms with Crippen molar-refractivity contribution >= 4 is 29.4 Å². The van der Waals surface area contributed by atoms with Crippen LogP contribution in [0.3, 0.4) is 0 Å². The van der Waals surface area contributed by atoms with Crippen LogP contribution < -0.4 is 4.74 Å². The standard InChI is InChI=1S/C25H17F3N4O3S/c1-35-20-10-7-18(8-11-20)29-15-17-13-19(32(33)34)9-12-22(17)36-24-30-21(16-5-3-2-4-6-16)14-23(31-24)25(26,27)28/h2-15H,1H3. The molecule has 0 aliphatic carbocycles. The molecule has 0 radical (unpaired) electrons. The number of nitro groups is 1. The first kappa shape index (κ1) is 24.9. The van der Waals surface area contributed by atoms with E-state index in [1.807, 2.05) is 0 Å². The predicted molar refractivity (Wildman–Crippen MR) is 130 cm³/mol. The molecule has 0 aliphatic heterocycles. The van der Waals surface area contributed by atoms with E-state index in [0.717, 1.165) is 17.8 Å². The maximum absolute atomic E-state index is 13.6. The number of benzene rings is 3. The number of ether oxygens (including phenoxy) is 1. The summed E-state index contributed by atoms with van der Waals surface area (Å²) in [4.78, 5) is 23.5. The average Bonchev–Trinajstić information content (AvgIpc) is 2.88. The minimum absolute atomic E-state index is 0.107. The van der Waals surface area contributed by atoms with E-state index in [4.69, 9.17) is 4.74 Å². The van der Waals surface area contributed by atoms with E-state index in [9.17, 15) is 23.3 Å². The number of methoxy groups -OCH3 is 1.